The zero-order valence-electron chi connectivity index (χ0n) is 12.8. The first-order valence-electron chi connectivity index (χ1n) is 7.23. The Bertz CT molecular complexity index is 1070. The number of pyridine rings is 1. The zero-order chi connectivity index (χ0) is 17.3. The van der Waals surface area contributed by atoms with Crippen LogP contribution in [-0.4, -0.2) is 13.4 Å². The van der Waals surface area contributed by atoms with E-state index in [0.717, 1.165) is 10.9 Å². The van der Waals surface area contributed by atoms with Gasteiger partial charge in [0.05, 0.1) is 4.90 Å². The molecule has 0 aliphatic heterocycles. The minimum Gasteiger partial charge on any atom is -0.322 e. The molecule has 0 bridgehead atoms. The van der Waals surface area contributed by atoms with Gasteiger partial charge in [0, 0.05) is 22.6 Å². The molecule has 2 aromatic carbocycles. The lowest BCUT2D eigenvalue weighted by molar-refractivity contribution is 0.581. The van der Waals surface area contributed by atoms with Crippen LogP contribution in [0.5, 0.6) is 0 Å². The molecule has 0 saturated carbocycles. The van der Waals surface area contributed by atoms with Gasteiger partial charge in [-0.15, -0.1) is 0 Å². The molecule has 2 N–H and O–H groups in total. The van der Waals surface area contributed by atoms with Crippen LogP contribution in [0.25, 0.3) is 10.9 Å². The van der Waals surface area contributed by atoms with Crippen LogP contribution in [0.2, 0.25) is 5.02 Å². The summed E-state index contributed by atoms with van der Waals surface area (Å²) in [5.74, 6) is 0. The normalized spacial score (nSPS) is 11.8. The summed E-state index contributed by atoms with van der Waals surface area (Å²) in [6.45, 7) is 1.69. The van der Waals surface area contributed by atoms with Crippen molar-refractivity contribution in [2.45, 2.75) is 18.4 Å². The maximum atomic E-state index is 12.4. The van der Waals surface area contributed by atoms with Gasteiger partial charge < -0.3 is 4.98 Å². The summed E-state index contributed by atoms with van der Waals surface area (Å²) in [7, 11) is -3.75. The van der Waals surface area contributed by atoms with Gasteiger partial charge in [-0.2, -0.15) is 0 Å². The average Bonchev–Trinajstić information content (AvgIpc) is 2.55. The van der Waals surface area contributed by atoms with Crippen molar-refractivity contribution in [1.29, 1.82) is 0 Å². The molecule has 0 atom stereocenters. The largest absolute Gasteiger partial charge is 0.322 e. The van der Waals surface area contributed by atoms with Crippen molar-refractivity contribution in [3.05, 3.63) is 75.0 Å². The number of aromatic amines is 1. The SMILES string of the molecule is Cc1ccc(S(=O)(=O)NCc2cc3ccccc3[nH]c2=O)cc1Cl. The predicted octanol–water partition coefficient (Wildman–Crippen LogP) is 2.97. The standard InChI is InChI=1S/C17H15ClN2O3S/c1-11-6-7-14(9-15(11)18)24(22,23)19-10-13-8-12-4-2-3-5-16(12)20-17(13)21/h2-9,19H,10H2,1H3,(H,20,21). The molecule has 5 nitrogen and oxygen atoms in total. The third-order valence-corrected chi connectivity index (χ3v) is 5.54. The number of nitrogens with one attached hydrogen (secondary N) is 2. The molecule has 0 spiro atoms. The smallest absolute Gasteiger partial charge is 0.252 e. The lowest BCUT2D eigenvalue weighted by Gasteiger charge is -2.08. The van der Waals surface area contributed by atoms with Crippen molar-refractivity contribution in [1.82, 2.24) is 9.71 Å². The van der Waals surface area contributed by atoms with E-state index in [9.17, 15) is 13.2 Å². The molecule has 0 fully saturated rings. The number of rotatable bonds is 4. The second-order valence-corrected chi connectivity index (χ2v) is 7.62. The second-order valence-electron chi connectivity index (χ2n) is 5.45. The molecule has 1 aromatic heterocycles. The quantitative estimate of drug-likeness (QED) is 0.748. The summed E-state index contributed by atoms with van der Waals surface area (Å²) >= 11 is 5.98. The number of hydrogen-bond acceptors (Lipinski definition) is 3. The number of H-pyrrole nitrogens is 1. The van der Waals surface area contributed by atoms with Gasteiger partial charge in [0.15, 0.2) is 0 Å². The number of benzene rings is 2. The summed E-state index contributed by atoms with van der Waals surface area (Å²) in [5, 5.41) is 1.21. The van der Waals surface area contributed by atoms with Gasteiger partial charge in [-0.05, 0) is 42.1 Å². The van der Waals surface area contributed by atoms with E-state index in [2.05, 4.69) is 9.71 Å². The molecule has 0 unspecified atom stereocenters. The summed E-state index contributed by atoms with van der Waals surface area (Å²) in [5.41, 5.74) is 1.52. The minimum atomic E-state index is -3.75. The number of halogens is 1. The highest BCUT2D eigenvalue weighted by Gasteiger charge is 2.16. The van der Waals surface area contributed by atoms with Crippen molar-refractivity contribution in [3.8, 4) is 0 Å². The van der Waals surface area contributed by atoms with Gasteiger partial charge in [0.1, 0.15) is 0 Å². The zero-order valence-corrected chi connectivity index (χ0v) is 14.4. The van der Waals surface area contributed by atoms with Gasteiger partial charge in [-0.25, -0.2) is 13.1 Å². The number of hydrogen-bond donors (Lipinski definition) is 2. The Labute approximate surface area is 144 Å². The highest BCUT2D eigenvalue weighted by Crippen LogP contribution is 2.20. The fourth-order valence-corrected chi connectivity index (χ4v) is 3.60. The van der Waals surface area contributed by atoms with E-state index < -0.39 is 10.0 Å². The van der Waals surface area contributed by atoms with Crippen LogP contribution < -0.4 is 10.3 Å². The first kappa shape index (κ1) is 16.7. The molecule has 0 aliphatic carbocycles. The molecule has 3 aromatic rings. The Balaban J connectivity index is 1.88. The molecule has 1 heterocycles. The number of aryl methyl sites for hydroxylation is 1. The molecule has 0 amide bonds. The van der Waals surface area contributed by atoms with Crippen molar-refractivity contribution >= 4 is 32.5 Å². The van der Waals surface area contributed by atoms with Gasteiger partial charge >= 0.3 is 0 Å². The Morgan fingerprint density at radius 3 is 2.62 bits per heavy atom. The van der Waals surface area contributed by atoms with Crippen LogP contribution in [0.15, 0.2) is 58.2 Å². The van der Waals surface area contributed by atoms with E-state index in [1.54, 1.807) is 25.1 Å². The van der Waals surface area contributed by atoms with Crippen molar-refractivity contribution < 1.29 is 8.42 Å². The Kier molecular flexibility index (Phi) is 4.45. The van der Waals surface area contributed by atoms with Crippen LogP contribution in [-0.2, 0) is 16.6 Å². The number of para-hydroxylation sites is 1. The summed E-state index contributed by atoms with van der Waals surface area (Å²) in [6, 6.07) is 13.5. The van der Waals surface area contributed by atoms with Gasteiger partial charge in [0.25, 0.3) is 5.56 Å². The number of sulfonamides is 1. The molecule has 0 aliphatic rings. The van der Waals surface area contributed by atoms with E-state index in [1.165, 1.54) is 12.1 Å². The van der Waals surface area contributed by atoms with Gasteiger partial charge in [-0.3, -0.25) is 4.79 Å². The minimum absolute atomic E-state index is 0.0651. The molecular formula is C17H15ClN2O3S. The van der Waals surface area contributed by atoms with E-state index in [-0.39, 0.29) is 17.0 Å². The van der Waals surface area contributed by atoms with Gasteiger partial charge in [-0.1, -0.05) is 35.9 Å². The molecule has 24 heavy (non-hydrogen) atoms. The fraction of sp³-hybridized carbons (Fsp3) is 0.118. The summed E-state index contributed by atoms with van der Waals surface area (Å²) in [6.07, 6.45) is 0. The average molecular weight is 363 g/mol. The Morgan fingerprint density at radius 2 is 1.88 bits per heavy atom. The first-order valence-corrected chi connectivity index (χ1v) is 9.10. The second kappa shape index (κ2) is 6.39. The van der Waals surface area contributed by atoms with Crippen molar-refractivity contribution in [2.24, 2.45) is 0 Å². The maximum Gasteiger partial charge on any atom is 0.252 e. The lowest BCUT2D eigenvalue weighted by atomic mass is 10.1. The Hall–Kier alpha value is -2.15. The van der Waals surface area contributed by atoms with Crippen LogP contribution >= 0.6 is 11.6 Å². The molecular weight excluding hydrogens is 348 g/mol. The maximum absolute atomic E-state index is 12.4. The van der Waals surface area contributed by atoms with E-state index >= 15 is 0 Å². The first-order chi connectivity index (χ1) is 11.4. The summed E-state index contributed by atoms with van der Waals surface area (Å²) < 4.78 is 27.2. The number of aromatic nitrogens is 1. The molecule has 124 valence electrons. The van der Waals surface area contributed by atoms with Crippen LogP contribution in [0.4, 0.5) is 0 Å². The van der Waals surface area contributed by atoms with E-state index in [0.29, 0.717) is 16.1 Å². The highest BCUT2D eigenvalue weighted by molar-refractivity contribution is 7.89. The topological polar surface area (TPSA) is 79.0 Å². The van der Waals surface area contributed by atoms with Crippen molar-refractivity contribution in [2.75, 3.05) is 0 Å². The summed E-state index contributed by atoms with van der Waals surface area (Å²) in [4.78, 5) is 14.9. The Morgan fingerprint density at radius 1 is 1.12 bits per heavy atom. The highest BCUT2D eigenvalue weighted by atomic mass is 35.5. The molecule has 0 radical (unpaired) electrons. The third kappa shape index (κ3) is 3.36. The van der Waals surface area contributed by atoms with Crippen LogP contribution in [0.3, 0.4) is 0 Å². The van der Waals surface area contributed by atoms with Crippen molar-refractivity contribution in [3.63, 3.8) is 0 Å². The molecule has 3 rings (SSSR count). The van der Waals surface area contributed by atoms with Gasteiger partial charge in [0.2, 0.25) is 10.0 Å². The predicted molar refractivity (Wildman–Crippen MR) is 94.8 cm³/mol. The fourth-order valence-electron chi connectivity index (χ4n) is 2.32. The number of fused-ring (bicyclic) bond motifs is 1. The monoisotopic (exact) mass is 362 g/mol. The van der Waals surface area contributed by atoms with Crippen LogP contribution in [0.1, 0.15) is 11.1 Å². The molecule has 7 heteroatoms. The van der Waals surface area contributed by atoms with Crippen LogP contribution in [0, 0.1) is 6.92 Å². The van der Waals surface area contributed by atoms with E-state index in [4.69, 9.17) is 11.6 Å². The third-order valence-electron chi connectivity index (χ3n) is 3.74. The molecule has 0 saturated heterocycles. The lowest BCUT2D eigenvalue weighted by Crippen LogP contribution is -2.27. The van der Waals surface area contributed by atoms with E-state index in [1.807, 2.05) is 18.2 Å².